The van der Waals surface area contributed by atoms with Gasteiger partial charge in [0.15, 0.2) is 6.04 Å². The molecule has 2 fully saturated rings. The van der Waals surface area contributed by atoms with Crippen LogP contribution < -0.4 is 5.32 Å². The van der Waals surface area contributed by atoms with Crippen LogP contribution in [0.15, 0.2) is 0 Å². The van der Waals surface area contributed by atoms with Gasteiger partial charge in [-0.15, -0.1) is 0 Å². The third-order valence-corrected chi connectivity index (χ3v) is 2.08. The van der Waals surface area contributed by atoms with Crippen LogP contribution in [-0.4, -0.2) is 28.2 Å². The fourth-order valence-corrected chi connectivity index (χ4v) is 1.38. The van der Waals surface area contributed by atoms with Crippen LogP contribution in [0.2, 0.25) is 0 Å². The predicted molar refractivity (Wildman–Crippen MR) is 31.6 cm³/mol. The highest BCUT2D eigenvalue weighted by Gasteiger charge is 2.58. The lowest BCUT2D eigenvalue weighted by Crippen LogP contribution is -2.81. The summed E-state index contributed by atoms with van der Waals surface area (Å²) in [6, 6.07) is -0.532. The Labute approximate surface area is 56.7 Å². The lowest BCUT2D eigenvalue weighted by atomic mass is 9.90. The summed E-state index contributed by atoms with van der Waals surface area (Å²) in [5.41, 5.74) is 0. The lowest BCUT2D eigenvalue weighted by Gasteiger charge is -2.49. The highest BCUT2D eigenvalue weighted by Crippen LogP contribution is 2.28. The Hall–Kier alpha value is -0.710. The molecule has 48 valence electrons. The molecule has 0 bridgehead atoms. The minimum Gasteiger partial charge on any atom is -0.340 e. The molecule has 2 amide bonds. The number of amides is 2. The topological polar surface area (TPSA) is 49.4 Å². The van der Waals surface area contributed by atoms with Gasteiger partial charge in [-0.25, -0.2) is 0 Å². The second-order valence-corrected chi connectivity index (χ2v) is 2.54. The van der Waals surface area contributed by atoms with Gasteiger partial charge in [0.1, 0.15) is 6.04 Å². The normalized spacial score (nSPS) is 38.6. The molecule has 2 heterocycles. The van der Waals surface area contributed by atoms with Crippen molar-refractivity contribution < 1.29 is 9.59 Å². The minimum atomic E-state index is -0.277. The van der Waals surface area contributed by atoms with Crippen LogP contribution in [0.4, 0.5) is 0 Å². The Morgan fingerprint density at radius 2 is 2.22 bits per heavy atom. The SMILES string of the molecule is O=C1NC2C(=O)N(S)C12. The fourth-order valence-electron chi connectivity index (χ4n) is 1.02. The van der Waals surface area contributed by atoms with Gasteiger partial charge < -0.3 is 5.32 Å². The minimum absolute atomic E-state index is 0.102. The van der Waals surface area contributed by atoms with E-state index in [1.807, 2.05) is 0 Å². The molecule has 9 heavy (non-hydrogen) atoms. The highest BCUT2D eigenvalue weighted by molar-refractivity contribution is 7.78. The molecule has 0 saturated carbocycles. The summed E-state index contributed by atoms with van der Waals surface area (Å²) in [6.45, 7) is 0. The maximum absolute atomic E-state index is 10.6. The summed E-state index contributed by atoms with van der Waals surface area (Å²) < 4.78 is 1.16. The van der Waals surface area contributed by atoms with E-state index < -0.39 is 0 Å². The molecule has 0 aromatic heterocycles. The number of nitrogens with one attached hydrogen (secondary N) is 1. The molecule has 0 aromatic rings. The van der Waals surface area contributed by atoms with E-state index in [9.17, 15) is 9.59 Å². The van der Waals surface area contributed by atoms with Crippen LogP contribution in [-0.2, 0) is 9.59 Å². The van der Waals surface area contributed by atoms with E-state index in [-0.39, 0.29) is 23.9 Å². The summed E-state index contributed by atoms with van der Waals surface area (Å²) in [4.78, 5) is 21.1. The van der Waals surface area contributed by atoms with Gasteiger partial charge in [0.05, 0.1) is 0 Å². The summed E-state index contributed by atoms with van der Waals surface area (Å²) in [5, 5.41) is 2.44. The van der Waals surface area contributed by atoms with Crippen LogP contribution in [0.25, 0.3) is 0 Å². The molecule has 2 saturated heterocycles. The smallest absolute Gasteiger partial charge is 0.258 e. The van der Waals surface area contributed by atoms with E-state index in [0.29, 0.717) is 0 Å². The van der Waals surface area contributed by atoms with Crippen LogP contribution in [0, 0.1) is 0 Å². The molecule has 0 spiro atoms. The number of carbonyl (C=O) groups excluding carboxylic acids is 2. The molecule has 2 unspecified atom stereocenters. The Morgan fingerprint density at radius 1 is 1.56 bits per heavy atom. The zero-order chi connectivity index (χ0) is 6.59. The first-order valence-corrected chi connectivity index (χ1v) is 2.94. The highest BCUT2D eigenvalue weighted by atomic mass is 32.1. The molecule has 4 nitrogen and oxygen atoms in total. The number of piperazine rings is 1. The Kier molecular flexibility index (Phi) is 0.700. The average molecular weight is 144 g/mol. The van der Waals surface area contributed by atoms with Gasteiger partial charge in [0.2, 0.25) is 5.91 Å². The van der Waals surface area contributed by atoms with Crippen LogP contribution in [0.1, 0.15) is 0 Å². The Morgan fingerprint density at radius 3 is 2.56 bits per heavy atom. The second kappa shape index (κ2) is 1.23. The summed E-state index contributed by atoms with van der Waals surface area (Å²) in [6.07, 6.45) is 0. The van der Waals surface area contributed by atoms with Crippen LogP contribution in [0.5, 0.6) is 0 Å². The molecule has 1 N–H and O–H groups in total. The maximum atomic E-state index is 10.6. The van der Waals surface area contributed by atoms with Crippen LogP contribution in [0.3, 0.4) is 0 Å². The van der Waals surface area contributed by atoms with Crippen molar-refractivity contribution in [3.8, 4) is 0 Å². The molecule has 0 aliphatic carbocycles. The first-order chi connectivity index (χ1) is 4.22. The van der Waals surface area contributed by atoms with E-state index in [0.717, 1.165) is 4.31 Å². The second-order valence-electron chi connectivity index (χ2n) is 2.11. The molecular formula is C4H4N2O2S. The number of hydrogen-bond donors (Lipinski definition) is 2. The molecule has 0 radical (unpaired) electrons. The van der Waals surface area contributed by atoms with Gasteiger partial charge in [0, 0.05) is 0 Å². The first-order valence-electron chi connectivity index (χ1n) is 2.54. The number of β-lactam (4-membered cyclic amide) rings is 2. The molecule has 5 heteroatoms. The monoisotopic (exact) mass is 144 g/mol. The quantitative estimate of drug-likeness (QED) is 0.322. The average Bonchev–Trinajstić information content (AvgIpc) is 1.81. The summed E-state index contributed by atoms with van der Waals surface area (Å²) in [5.74, 6) is -0.211. The molecule has 0 aromatic carbocycles. The number of hydrogen-bond acceptors (Lipinski definition) is 3. The van der Waals surface area contributed by atoms with Gasteiger partial charge in [-0.2, -0.15) is 0 Å². The van der Waals surface area contributed by atoms with Crippen LogP contribution >= 0.6 is 12.8 Å². The molecule has 2 aliphatic rings. The van der Waals surface area contributed by atoms with Gasteiger partial charge in [-0.1, -0.05) is 12.8 Å². The first kappa shape index (κ1) is 5.10. The fraction of sp³-hybridized carbons (Fsp3) is 0.500. The van der Waals surface area contributed by atoms with E-state index >= 15 is 0 Å². The van der Waals surface area contributed by atoms with E-state index in [1.54, 1.807) is 0 Å². The molecule has 2 atom stereocenters. The Balaban J connectivity index is 2.19. The van der Waals surface area contributed by atoms with Gasteiger partial charge in [-0.05, 0) is 0 Å². The number of thiol groups is 1. The lowest BCUT2D eigenvalue weighted by molar-refractivity contribution is -0.161. The van der Waals surface area contributed by atoms with Crippen molar-refractivity contribution in [3.63, 3.8) is 0 Å². The van der Waals surface area contributed by atoms with E-state index in [2.05, 4.69) is 18.1 Å². The molecular weight excluding hydrogens is 140 g/mol. The predicted octanol–water partition coefficient (Wildman–Crippen LogP) is -1.46. The van der Waals surface area contributed by atoms with Gasteiger partial charge >= 0.3 is 0 Å². The number of carbonyl (C=O) groups is 2. The third kappa shape index (κ3) is 0.376. The van der Waals surface area contributed by atoms with Crippen molar-refractivity contribution >= 4 is 24.6 Å². The number of fused-ring (bicyclic) bond motifs is 1. The zero-order valence-corrected chi connectivity index (χ0v) is 5.26. The third-order valence-electron chi connectivity index (χ3n) is 1.64. The van der Waals surface area contributed by atoms with Crippen molar-refractivity contribution in [2.75, 3.05) is 0 Å². The van der Waals surface area contributed by atoms with E-state index in [1.165, 1.54) is 0 Å². The van der Waals surface area contributed by atoms with Crippen molar-refractivity contribution in [2.45, 2.75) is 12.1 Å². The maximum Gasteiger partial charge on any atom is 0.258 e. The Bertz CT molecular complexity index is 197. The zero-order valence-electron chi connectivity index (χ0n) is 4.37. The van der Waals surface area contributed by atoms with Crippen molar-refractivity contribution in [2.24, 2.45) is 0 Å². The van der Waals surface area contributed by atoms with Crippen molar-refractivity contribution in [3.05, 3.63) is 0 Å². The molecule has 2 aliphatic heterocycles. The van der Waals surface area contributed by atoms with E-state index in [4.69, 9.17) is 0 Å². The van der Waals surface area contributed by atoms with Crippen molar-refractivity contribution in [1.29, 1.82) is 0 Å². The number of rotatable bonds is 0. The molecule has 2 rings (SSSR count). The van der Waals surface area contributed by atoms with Gasteiger partial charge in [-0.3, -0.25) is 13.9 Å². The standard InChI is InChI=1S/C4H4N2O2S/c7-3-2-1(5-3)4(8)6(2)9/h1-2,9H,(H,5,7). The van der Waals surface area contributed by atoms with Crippen molar-refractivity contribution in [1.82, 2.24) is 9.62 Å². The number of nitrogens with zero attached hydrogens (tertiary/aromatic N) is 1. The van der Waals surface area contributed by atoms with Gasteiger partial charge in [0.25, 0.3) is 5.91 Å². The summed E-state index contributed by atoms with van der Waals surface area (Å²) in [7, 11) is 0. The summed E-state index contributed by atoms with van der Waals surface area (Å²) >= 11 is 3.77. The largest absolute Gasteiger partial charge is 0.340 e.